The van der Waals surface area contributed by atoms with Gasteiger partial charge in [0.25, 0.3) is 0 Å². The fourth-order valence-electron chi connectivity index (χ4n) is 4.63. The minimum absolute atomic E-state index is 0.00377. The highest BCUT2D eigenvalue weighted by atomic mass is 16.5. The van der Waals surface area contributed by atoms with Gasteiger partial charge in [0, 0.05) is 29.7 Å². The number of benzene rings is 1. The molecule has 0 spiro atoms. The number of fused-ring (bicyclic) bond motifs is 1. The van der Waals surface area contributed by atoms with Crippen LogP contribution in [-0.4, -0.2) is 38.4 Å². The molecule has 5 heteroatoms. The van der Waals surface area contributed by atoms with Gasteiger partial charge in [0.1, 0.15) is 0 Å². The number of ether oxygens (including phenoxy) is 2. The molecule has 2 aliphatic heterocycles. The molecule has 0 bridgehead atoms. The van der Waals surface area contributed by atoms with Gasteiger partial charge in [-0.1, -0.05) is 25.0 Å². The van der Waals surface area contributed by atoms with Gasteiger partial charge >= 0.3 is 5.97 Å². The van der Waals surface area contributed by atoms with Gasteiger partial charge in [-0.25, -0.2) is 0 Å². The third-order valence-electron chi connectivity index (χ3n) is 6.05. The van der Waals surface area contributed by atoms with Crippen LogP contribution in [0.1, 0.15) is 43.7 Å². The average molecular weight is 344 g/mol. The Kier molecular flexibility index (Phi) is 4.95. The molecule has 25 heavy (non-hydrogen) atoms. The molecule has 2 saturated heterocycles. The molecule has 5 nitrogen and oxygen atoms in total. The number of esters is 1. The van der Waals surface area contributed by atoms with E-state index in [2.05, 4.69) is 34.9 Å². The first kappa shape index (κ1) is 16.9. The van der Waals surface area contributed by atoms with Gasteiger partial charge in [0.15, 0.2) is 0 Å². The summed E-state index contributed by atoms with van der Waals surface area (Å²) in [6.45, 7) is 1.47. The lowest BCUT2D eigenvalue weighted by Gasteiger charge is -2.37. The molecule has 1 aromatic carbocycles. The summed E-state index contributed by atoms with van der Waals surface area (Å²) in [4.78, 5) is 12.3. The van der Waals surface area contributed by atoms with E-state index in [1.165, 1.54) is 38.5 Å². The van der Waals surface area contributed by atoms with Crippen molar-refractivity contribution in [1.82, 2.24) is 5.32 Å². The number of hydrogen-bond acceptors (Lipinski definition) is 5. The molecule has 0 aromatic heterocycles. The lowest BCUT2D eigenvalue weighted by Crippen LogP contribution is -2.49. The number of rotatable bonds is 4. The molecule has 1 aromatic rings. The van der Waals surface area contributed by atoms with Crippen LogP contribution in [0.3, 0.4) is 0 Å². The minimum Gasteiger partial charge on any atom is -0.469 e. The maximum absolute atomic E-state index is 12.3. The SMILES string of the molecule is COC(=O)C1CC2COCC2NC1c1ccc(NC2CCCC2)cc1. The third kappa shape index (κ3) is 3.53. The summed E-state index contributed by atoms with van der Waals surface area (Å²) in [6, 6.07) is 9.50. The van der Waals surface area contributed by atoms with Gasteiger partial charge in [-0.2, -0.15) is 0 Å². The molecule has 1 aliphatic carbocycles. The lowest BCUT2D eigenvalue weighted by molar-refractivity contribution is -0.148. The van der Waals surface area contributed by atoms with E-state index < -0.39 is 0 Å². The van der Waals surface area contributed by atoms with Crippen molar-refractivity contribution in [2.45, 2.75) is 50.2 Å². The van der Waals surface area contributed by atoms with E-state index in [9.17, 15) is 4.79 Å². The second kappa shape index (κ2) is 7.34. The smallest absolute Gasteiger partial charge is 0.310 e. The Bertz CT molecular complexity index is 597. The normalized spacial score (nSPS) is 32.4. The average Bonchev–Trinajstić information content (AvgIpc) is 3.31. The highest BCUT2D eigenvalue weighted by Gasteiger charge is 2.43. The fraction of sp³-hybridized carbons (Fsp3) is 0.650. The first-order chi connectivity index (χ1) is 12.2. The van der Waals surface area contributed by atoms with Gasteiger partial charge in [0.05, 0.1) is 26.2 Å². The van der Waals surface area contributed by atoms with Crippen LogP contribution in [0.2, 0.25) is 0 Å². The van der Waals surface area contributed by atoms with E-state index in [-0.39, 0.29) is 17.9 Å². The third-order valence-corrected chi connectivity index (χ3v) is 6.05. The first-order valence-electron chi connectivity index (χ1n) is 9.52. The van der Waals surface area contributed by atoms with E-state index in [4.69, 9.17) is 9.47 Å². The number of carbonyl (C=O) groups excluding carboxylic acids is 1. The summed E-state index contributed by atoms with van der Waals surface area (Å²) in [6.07, 6.45) is 6.01. The van der Waals surface area contributed by atoms with Crippen LogP contribution >= 0.6 is 0 Å². The molecule has 3 fully saturated rings. The monoisotopic (exact) mass is 344 g/mol. The quantitative estimate of drug-likeness (QED) is 0.823. The Morgan fingerprint density at radius 2 is 1.96 bits per heavy atom. The van der Waals surface area contributed by atoms with Crippen LogP contribution in [-0.2, 0) is 14.3 Å². The molecule has 3 aliphatic rings. The van der Waals surface area contributed by atoms with Crippen LogP contribution in [0.25, 0.3) is 0 Å². The van der Waals surface area contributed by atoms with Crippen molar-refractivity contribution < 1.29 is 14.3 Å². The summed E-state index contributed by atoms with van der Waals surface area (Å²) >= 11 is 0. The zero-order valence-electron chi connectivity index (χ0n) is 14.9. The molecule has 4 unspecified atom stereocenters. The summed E-state index contributed by atoms with van der Waals surface area (Å²) in [5.41, 5.74) is 2.32. The van der Waals surface area contributed by atoms with Gasteiger partial charge in [-0.05, 0) is 37.0 Å². The van der Waals surface area contributed by atoms with Crippen molar-refractivity contribution >= 4 is 11.7 Å². The van der Waals surface area contributed by atoms with Crippen LogP contribution in [0.15, 0.2) is 24.3 Å². The summed E-state index contributed by atoms with van der Waals surface area (Å²) in [5.74, 6) is 0.126. The maximum Gasteiger partial charge on any atom is 0.310 e. The van der Waals surface area contributed by atoms with E-state index >= 15 is 0 Å². The highest BCUT2D eigenvalue weighted by Crippen LogP contribution is 2.38. The van der Waals surface area contributed by atoms with Gasteiger partial charge < -0.3 is 20.1 Å². The number of anilines is 1. The van der Waals surface area contributed by atoms with Crippen LogP contribution in [0.5, 0.6) is 0 Å². The highest BCUT2D eigenvalue weighted by molar-refractivity contribution is 5.74. The van der Waals surface area contributed by atoms with Gasteiger partial charge in [0.2, 0.25) is 0 Å². The standard InChI is InChI=1S/C20H28N2O3/c1-24-20(23)17-10-14-11-25-12-18(14)22-19(17)13-6-8-16(9-7-13)21-15-4-2-3-5-15/h6-9,14-15,17-19,21-22H,2-5,10-12H2,1H3. The van der Waals surface area contributed by atoms with Crippen molar-refractivity contribution in [3.05, 3.63) is 29.8 Å². The largest absolute Gasteiger partial charge is 0.469 e. The summed E-state index contributed by atoms with van der Waals surface area (Å²) in [5, 5.41) is 7.26. The van der Waals surface area contributed by atoms with E-state index in [0.717, 1.165) is 25.2 Å². The number of nitrogens with one attached hydrogen (secondary N) is 2. The second-order valence-corrected chi connectivity index (χ2v) is 7.66. The van der Waals surface area contributed by atoms with Crippen LogP contribution < -0.4 is 10.6 Å². The Balaban J connectivity index is 1.50. The fourth-order valence-corrected chi connectivity index (χ4v) is 4.63. The molecular formula is C20H28N2O3. The van der Waals surface area contributed by atoms with Crippen molar-refractivity contribution in [1.29, 1.82) is 0 Å². The molecule has 4 rings (SSSR count). The molecular weight excluding hydrogens is 316 g/mol. The Labute approximate surface area is 149 Å². The zero-order chi connectivity index (χ0) is 17.2. The Morgan fingerprint density at radius 3 is 2.68 bits per heavy atom. The molecule has 1 saturated carbocycles. The topological polar surface area (TPSA) is 59.6 Å². The van der Waals surface area contributed by atoms with E-state index in [1.807, 2.05) is 0 Å². The van der Waals surface area contributed by atoms with Crippen molar-refractivity contribution in [2.75, 3.05) is 25.6 Å². The van der Waals surface area contributed by atoms with Crippen molar-refractivity contribution in [3.8, 4) is 0 Å². The van der Waals surface area contributed by atoms with Crippen molar-refractivity contribution in [2.24, 2.45) is 11.8 Å². The summed E-state index contributed by atoms with van der Waals surface area (Å²) < 4.78 is 10.7. The molecule has 136 valence electrons. The van der Waals surface area contributed by atoms with Gasteiger partial charge in [-0.15, -0.1) is 0 Å². The Hall–Kier alpha value is -1.59. The lowest BCUT2D eigenvalue weighted by atomic mass is 9.79. The molecule has 0 radical (unpaired) electrons. The summed E-state index contributed by atoms with van der Waals surface area (Å²) in [7, 11) is 1.48. The number of hydrogen-bond donors (Lipinski definition) is 2. The number of carbonyl (C=O) groups is 1. The van der Waals surface area contributed by atoms with Crippen LogP contribution in [0.4, 0.5) is 5.69 Å². The van der Waals surface area contributed by atoms with Gasteiger partial charge in [-0.3, -0.25) is 4.79 Å². The second-order valence-electron chi connectivity index (χ2n) is 7.66. The predicted octanol–water partition coefficient (Wildman–Crippen LogP) is 2.88. The number of piperidine rings is 1. The molecule has 2 heterocycles. The minimum atomic E-state index is -0.151. The first-order valence-corrected chi connectivity index (χ1v) is 9.52. The molecule has 0 amide bonds. The van der Waals surface area contributed by atoms with Crippen molar-refractivity contribution in [3.63, 3.8) is 0 Å². The number of methoxy groups -OCH3 is 1. The predicted molar refractivity (Wildman–Crippen MR) is 96.4 cm³/mol. The van der Waals surface area contributed by atoms with Crippen LogP contribution in [0, 0.1) is 11.8 Å². The maximum atomic E-state index is 12.3. The molecule has 4 atom stereocenters. The Morgan fingerprint density at radius 1 is 1.20 bits per heavy atom. The zero-order valence-corrected chi connectivity index (χ0v) is 14.9. The van der Waals surface area contributed by atoms with E-state index in [1.54, 1.807) is 0 Å². The van der Waals surface area contributed by atoms with E-state index in [0.29, 0.717) is 18.0 Å². The molecule has 2 N–H and O–H groups in total.